The van der Waals surface area contributed by atoms with Crippen molar-refractivity contribution >= 4 is 22.3 Å². The standard InChI is InChI=1S/C13H19NO2S/c1-12(2)5-7-8(11(15)16)10(14)17-9(7)13(3,4)6-12/h5-6,14H2,1-4H3,(H,15,16). The summed E-state index contributed by atoms with van der Waals surface area (Å²) in [5.41, 5.74) is 7.32. The van der Waals surface area contributed by atoms with Gasteiger partial charge in [0.05, 0.1) is 5.56 Å². The number of carboxylic acids is 1. The molecule has 0 amide bonds. The second-order valence-corrected chi connectivity index (χ2v) is 7.41. The third kappa shape index (κ3) is 1.95. The van der Waals surface area contributed by atoms with Gasteiger partial charge in [0.2, 0.25) is 0 Å². The molecule has 0 radical (unpaired) electrons. The first kappa shape index (κ1) is 12.4. The fraction of sp³-hybridized carbons (Fsp3) is 0.615. The minimum Gasteiger partial charge on any atom is -0.478 e. The molecule has 0 unspecified atom stereocenters. The SMILES string of the molecule is CC1(C)Cc2c(sc(N)c2C(=O)O)C(C)(C)C1. The van der Waals surface area contributed by atoms with Crippen molar-refractivity contribution in [3.63, 3.8) is 0 Å². The molecule has 2 rings (SSSR count). The van der Waals surface area contributed by atoms with Gasteiger partial charge in [-0.25, -0.2) is 4.79 Å². The summed E-state index contributed by atoms with van der Waals surface area (Å²) in [5.74, 6) is -0.895. The highest BCUT2D eigenvalue weighted by molar-refractivity contribution is 7.16. The van der Waals surface area contributed by atoms with Gasteiger partial charge in [-0.15, -0.1) is 11.3 Å². The van der Waals surface area contributed by atoms with Crippen LogP contribution in [0, 0.1) is 5.41 Å². The molecule has 3 nitrogen and oxygen atoms in total. The molecule has 1 heterocycles. The maximum atomic E-state index is 11.3. The van der Waals surface area contributed by atoms with E-state index in [1.165, 1.54) is 11.3 Å². The van der Waals surface area contributed by atoms with Gasteiger partial charge in [-0.05, 0) is 29.2 Å². The number of carbonyl (C=O) groups is 1. The summed E-state index contributed by atoms with van der Waals surface area (Å²) in [6.45, 7) is 8.73. The fourth-order valence-electron chi connectivity index (χ4n) is 3.25. The molecule has 0 bridgehead atoms. The van der Waals surface area contributed by atoms with E-state index in [1.807, 2.05) is 0 Å². The van der Waals surface area contributed by atoms with Crippen LogP contribution in [0.3, 0.4) is 0 Å². The number of hydrogen-bond acceptors (Lipinski definition) is 3. The molecule has 0 atom stereocenters. The van der Waals surface area contributed by atoms with Crippen LogP contribution in [0.2, 0.25) is 0 Å². The Kier molecular flexibility index (Phi) is 2.54. The van der Waals surface area contributed by atoms with Gasteiger partial charge >= 0.3 is 5.97 Å². The van der Waals surface area contributed by atoms with Crippen molar-refractivity contribution in [2.75, 3.05) is 5.73 Å². The zero-order valence-corrected chi connectivity index (χ0v) is 11.6. The predicted molar refractivity (Wildman–Crippen MR) is 70.8 cm³/mol. The van der Waals surface area contributed by atoms with Gasteiger partial charge in [0.25, 0.3) is 0 Å². The van der Waals surface area contributed by atoms with E-state index in [0.29, 0.717) is 10.6 Å². The Hall–Kier alpha value is -1.03. The molecule has 0 aromatic carbocycles. The molecular weight excluding hydrogens is 234 g/mol. The van der Waals surface area contributed by atoms with Crippen molar-refractivity contribution in [1.82, 2.24) is 0 Å². The molecule has 0 fully saturated rings. The minimum absolute atomic E-state index is 0.0174. The van der Waals surface area contributed by atoms with Crippen molar-refractivity contribution in [3.8, 4) is 0 Å². The molecule has 1 aliphatic rings. The summed E-state index contributed by atoms with van der Waals surface area (Å²) in [7, 11) is 0. The fourth-order valence-corrected chi connectivity index (χ4v) is 4.43. The Morgan fingerprint density at radius 2 is 1.94 bits per heavy atom. The van der Waals surface area contributed by atoms with Gasteiger partial charge in [0, 0.05) is 4.88 Å². The average Bonchev–Trinajstić information content (AvgIpc) is 2.38. The molecule has 17 heavy (non-hydrogen) atoms. The zero-order valence-electron chi connectivity index (χ0n) is 10.8. The molecule has 94 valence electrons. The van der Waals surface area contributed by atoms with Crippen molar-refractivity contribution in [3.05, 3.63) is 16.0 Å². The first-order valence-electron chi connectivity index (χ1n) is 5.79. The number of fused-ring (bicyclic) bond motifs is 1. The van der Waals surface area contributed by atoms with Gasteiger partial charge in [0.1, 0.15) is 5.00 Å². The molecule has 1 aromatic rings. The quantitative estimate of drug-likeness (QED) is 0.807. The van der Waals surface area contributed by atoms with Gasteiger partial charge in [0.15, 0.2) is 0 Å². The number of hydrogen-bond donors (Lipinski definition) is 2. The average molecular weight is 253 g/mol. The van der Waals surface area contributed by atoms with Crippen LogP contribution in [0.15, 0.2) is 0 Å². The highest BCUT2D eigenvalue weighted by Gasteiger charge is 2.41. The zero-order chi connectivity index (χ0) is 13.0. The molecule has 0 saturated heterocycles. The summed E-state index contributed by atoms with van der Waals surface area (Å²) in [4.78, 5) is 12.5. The number of thiophene rings is 1. The van der Waals surface area contributed by atoms with Crippen LogP contribution in [0.5, 0.6) is 0 Å². The predicted octanol–water partition coefficient (Wildman–Crippen LogP) is 3.28. The lowest BCUT2D eigenvalue weighted by Gasteiger charge is -2.40. The van der Waals surface area contributed by atoms with Crippen LogP contribution in [0.25, 0.3) is 0 Å². The van der Waals surface area contributed by atoms with E-state index in [9.17, 15) is 9.90 Å². The summed E-state index contributed by atoms with van der Waals surface area (Å²) in [6, 6.07) is 0. The van der Waals surface area contributed by atoms with Crippen LogP contribution in [-0.4, -0.2) is 11.1 Å². The van der Waals surface area contributed by atoms with Crippen molar-refractivity contribution in [2.24, 2.45) is 5.41 Å². The number of aromatic carboxylic acids is 1. The van der Waals surface area contributed by atoms with Gasteiger partial charge in [-0.2, -0.15) is 0 Å². The largest absolute Gasteiger partial charge is 0.478 e. The summed E-state index contributed by atoms with van der Waals surface area (Å²) in [6.07, 6.45) is 1.87. The highest BCUT2D eigenvalue weighted by Crippen LogP contribution is 2.51. The van der Waals surface area contributed by atoms with E-state index in [0.717, 1.165) is 23.3 Å². The summed E-state index contributed by atoms with van der Waals surface area (Å²) in [5, 5.41) is 9.73. The van der Waals surface area contributed by atoms with Gasteiger partial charge in [-0.3, -0.25) is 0 Å². The lowest BCUT2D eigenvalue weighted by molar-refractivity contribution is 0.0696. The molecular formula is C13H19NO2S. The topological polar surface area (TPSA) is 63.3 Å². The van der Waals surface area contributed by atoms with Gasteiger partial charge < -0.3 is 10.8 Å². The van der Waals surface area contributed by atoms with Crippen molar-refractivity contribution < 1.29 is 9.90 Å². The van der Waals surface area contributed by atoms with E-state index < -0.39 is 5.97 Å². The second-order valence-electron chi connectivity index (χ2n) is 6.36. The highest BCUT2D eigenvalue weighted by atomic mass is 32.1. The van der Waals surface area contributed by atoms with Crippen LogP contribution in [0.4, 0.5) is 5.00 Å². The van der Waals surface area contributed by atoms with E-state index in [1.54, 1.807) is 0 Å². The molecule has 1 aliphatic carbocycles. The molecule has 4 heteroatoms. The Morgan fingerprint density at radius 1 is 1.35 bits per heavy atom. The first-order valence-corrected chi connectivity index (χ1v) is 6.61. The first-order chi connectivity index (χ1) is 7.64. The summed E-state index contributed by atoms with van der Waals surface area (Å²) >= 11 is 1.45. The third-order valence-electron chi connectivity index (χ3n) is 3.44. The Bertz CT molecular complexity index is 486. The Labute approximate surface area is 106 Å². The van der Waals surface area contributed by atoms with E-state index >= 15 is 0 Å². The van der Waals surface area contributed by atoms with E-state index in [2.05, 4.69) is 27.7 Å². The lowest BCUT2D eigenvalue weighted by atomic mass is 9.65. The Balaban J connectivity index is 2.67. The Morgan fingerprint density at radius 3 is 2.47 bits per heavy atom. The maximum Gasteiger partial charge on any atom is 0.338 e. The number of nitrogen functional groups attached to an aromatic ring is 1. The third-order valence-corrected chi connectivity index (χ3v) is 4.87. The molecule has 0 aliphatic heterocycles. The lowest BCUT2D eigenvalue weighted by Crippen LogP contribution is -2.34. The van der Waals surface area contributed by atoms with Crippen molar-refractivity contribution in [1.29, 1.82) is 0 Å². The second kappa shape index (κ2) is 3.48. The molecule has 0 spiro atoms. The van der Waals surface area contributed by atoms with E-state index in [4.69, 9.17) is 5.73 Å². The smallest absolute Gasteiger partial charge is 0.338 e. The molecule has 3 N–H and O–H groups in total. The number of nitrogens with two attached hydrogens (primary N) is 1. The van der Waals surface area contributed by atoms with Crippen LogP contribution >= 0.6 is 11.3 Å². The normalized spacial score (nSPS) is 20.9. The van der Waals surface area contributed by atoms with Crippen LogP contribution in [0.1, 0.15) is 54.9 Å². The monoisotopic (exact) mass is 253 g/mol. The number of anilines is 1. The maximum absolute atomic E-state index is 11.3. The number of rotatable bonds is 1. The van der Waals surface area contributed by atoms with Crippen LogP contribution in [-0.2, 0) is 11.8 Å². The molecule has 1 aromatic heterocycles. The van der Waals surface area contributed by atoms with E-state index in [-0.39, 0.29) is 10.8 Å². The van der Waals surface area contributed by atoms with Gasteiger partial charge in [-0.1, -0.05) is 27.7 Å². The minimum atomic E-state index is -0.895. The molecule has 0 saturated carbocycles. The van der Waals surface area contributed by atoms with Crippen molar-refractivity contribution in [2.45, 2.75) is 46.0 Å². The van der Waals surface area contributed by atoms with Crippen LogP contribution < -0.4 is 5.73 Å². The summed E-state index contributed by atoms with van der Waals surface area (Å²) < 4.78 is 0. The number of carboxylic acid groups (broad SMARTS) is 1.